The summed E-state index contributed by atoms with van der Waals surface area (Å²) in [5.74, 6) is 0.731. The van der Waals surface area contributed by atoms with Gasteiger partial charge in [0.2, 0.25) is 0 Å². The third kappa shape index (κ3) is 13.8. The van der Waals surface area contributed by atoms with Crippen LogP contribution in [-0.2, 0) is 6.54 Å². The van der Waals surface area contributed by atoms with E-state index >= 15 is 0 Å². The average molecular weight is 500 g/mol. The molecular weight excluding hydrogens is 453 g/mol. The first kappa shape index (κ1) is 33.8. The maximum atomic E-state index is 5.50. The fourth-order valence-corrected chi connectivity index (χ4v) is 4.03. The molecule has 0 amide bonds. The quantitative estimate of drug-likeness (QED) is 0.323. The Labute approximate surface area is 242 Å². The van der Waals surface area contributed by atoms with Crippen molar-refractivity contribution in [3.63, 3.8) is 0 Å². The summed E-state index contributed by atoms with van der Waals surface area (Å²) in [5, 5.41) is 3.44. The van der Waals surface area contributed by atoms with Crippen molar-refractivity contribution in [1.82, 2.24) is 15.1 Å². The number of benzene rings is 2. The molecule has 0 spiro atoms. The molecule has 2 aliphatic rings. The molecule has 2 aliphatic heterocycles. The van der Waals surface area contributed by atoms with Gasteiger partial charge in [0, 0.05) is 31.4 Å². The van der Waals surface area contributed by atoms with Gasteiger partial charge >= 0.3 is 29.6 Å². The van der Waals surface area contributed by atoms with Crippen LogP contribution in [0.4, 0.5) is 0 Å². The molecule has 2 heterocycles. The molecular formula is C30H46N5Na. The smallest absolute Gasteiger partial charge is 0.386 e. The minimum Gasteiger partial charge on any atom is -0.386 e. The third-order valence-corrected chi connectivity index (χ3v) is 6.04. The summed E-state index contributed by atoms with van der Waals surface area (Å²) in [5.41, 5.74) is 14.3. The molecule has 0 bridgehead atoms. The zero-order valence-electron chi connectivity index (χ0n) is 22.7. The summed E-state index contributed by atoms with van der Waals surface area (Å²) >= 11 is 0. The Kier molecular flexibility index (Phi) is 19.7. The van der Waals surface area contributed by atoms with E-state index in [1.807, 2.05) is 36.4 Å². The van der Waals surface area contributed by atoms with Gasteiger partial charge in [-0.05, 0) is 51.3 Å². The molecule has 4 rings (SSSR count). The first-order chi connectivity index (χ1) is 17.0. The summed E-state index contributed by atoms with van der Waals surface area (Å²) in [6.07, 6.45) is 6.42. The Bertz CT molecular complexity index is 822. The number of nitrogens with two attached hydrogens (primary N) is 2. The van der Waals surface area contributed by atoms with Crippen molar-refractivity contribution < 1.29 is 29.6 Å². The summed E-state index contributed by atoms with van der Waals surface area (Å²) in [6.45, 7) is 19.7. The molecule has 0 aromatic heterocycles. The largest absolute Gasteiger partial charge is 1.00 e. The Balaban J connectivity index is 0.000000524. The normalized spacial score (nSPS) is 16.3. The van der Waals surface area contributed by atoms with E-state index in [0.29, 0.717) is 6.04 Å². The molecule has 0 aliphatic carbocycles. The zero-order valence-corrected chi connectivity index (χ0v) is 24.7. The van der Waals surface area contributed by atoms with Crippen LogP contribution in [0.5, 0.6) is 0 Å². The molecule has 2 aromatic carbocycles. The number of hydrogen-bond donors (Lipinski definition) is 3. The van der Waals surface area contributed by atoms with Gasteiger partial charge in [0.25, 0.3) is 0 Å². The Morgan fingerprint density at radius 1 is 0.917 bits per heavy atom. The number of hydrogen-bond acceptors (Lipinski definition) is 5. The van der Waals surface area contributed by atoms with Crippen LogP contribution in [-0.4, -0.2) is 42.5 Å². The van der Waals surface area contributed by atoms with E-state index in [4.69, 9.17) is 11.5 Å². The predicted octanol–water partition coefficient (Wildman–Crippen LogP) is 2.25. The topological polar surface area (TPSA) is 70.5 Å². The molecule has 2 aromatic rings. The Morgan fingerprint density at radius 2 is 1.47 bits per heavy atom. The Morgan fingerprint density at radius 3 is 1.89 bits per heavy atom. The maximum Gasteiger partial charge on any atom is 1.00 e. The van der Waals surface area contributed by atoms with E-state index in [0.717, 1.165) is 36.7 Å². The van der Waals surface area contributed by atoms with E-state index < -0.39 is 0 Å². The van der Waals surface area contributed by atoms with Gasteiger partial charge in [-0.3, -0.25) is 4.90 Å². The van der Waals surface area contributed by atoms with Crippen LogP contribution in [0.15, 0.2) is 98.5 Å². The number of rotatable bonds is 6. The Hall–Kier alpha value is -2.15. The van der Waals surface area contributed by atoms with E-state index in [2.05, 4.69) is 72.7 Å². The predicted molar refractivity (Wildman–Crippen MR) is 152 cm³/mol. The van der Waals surface area contributed by atoms with Gasteiger partial charge in [0.1, 0.15) is 0 Å². The van der Waals surface area contributed by atoms with Crippen LogP contribution in [0.1, 0.15) is 43.2 Å². The van der Waals surface area contributed by atoms with Gasteiger partial charge < -0.3 is 21.7 Å². The third-order valence-electron chi connectivity index (χ3n) is 6.04. The second-order valence-corrected chi connectivity index (χ2v) is 8.62. The van der Waals surface area contributed by atoms with E-state index in [9.17, 15) is 0 Å². The molecule has 36 heavy (non-hydrogen) atoms. The van der Waals surface area contributed by atoms with Crippen LogP contribution < -0.4 is 46.3 Å². The first-order valence-corrected chi connectivity index (χ1v) is 12.5. The molecule has 0 saturated carbocycles. The van der Waals surface area contributed by atoms with Gasteiger partial charge in [-0.25, -0.2) is 0 Å². The summed E-state index contributed by atoms with van der Waals surface area (Å²) < 4.78 is 0. The fraction of sp³-hybridized carbons (Fsp3) is 0.367. The van der Waals surface area contributed by atoms with Crippen molar-refractivity contribution in [2.75, 3.05) is 26.7 Å². The fourth-order valence-electron chi connectivity index (χ4n) is 4.03. The minimum atomic E-state index is 0. The van der Waals surface area contributed by atoms with Crippen LogP contribution in [0.3, 0.4) is 0 Å². The molecule has 1 unspecified atom stereocenters. The monoisotopic (exact) mass is 499 g/mol. The van der Waals surface area contributed by atoms with Crippen LogP contribution >= 0.6 is 0 Å². The summed E-state index contributed by atoms with van der Waals surface area (Å²) in [4.78, 5) is 4.52. The van der Waals surface area contributed by atoms with Crippen LogP contribution in [0.25, 0.3) is 0 Å². The summed E-state index contributed by atoms with van der Waals surface area (Å²) in [6, 6.07) is 20.8. The molecule has 0 radical (unpaired) electrons. The SMILES string of the molecule is C=C.C=C(N)N1CCCCC1.C=C(NCc1ccccc1)C1CCCN1C.N[CH-]c1ccccc1.[Na+]. The van der Waals surface area contributed by atoms with Crippen molar-refractivity contribution in [3.05, 3.63) is 116 Å². The number of nitrogens with one attached hydrogen (secondary N) is 1. The van der Waals surface area contributed by atoms with Crippen molar-refractivity contribution in [3.8, 4) is 0 Å². The number of likely N-dealkylation sites (N-methyl/N-ethyl adjacent to an activating group) is 1. The van der Waals surface area contributed by atoms with Crippen LogP contribution in [0.2, 0.25) is 0 Å². The van der Waals surface area contributed by atoms with E-state index in [1.165, 1.54) is 44.2 Å². The molecule has 6 heteroatoms. The standard InChI is InChI=1S/C14H20N2.C7H14N2.C7H8N.C2H4.Na/c1-12(14-9-6-10-16(14)2)15-11-13-7-4-3-5-8-13;1-7(8)9-5-3-2-4-6-9;8-6-7-4-2-1-3-5-7;1-2;/h3-5,7-8,14-15H,1,6,9-11H2,2H3;1-6,8H2;1-6H,8H2;1-2H2;/q;;-1;;+1. The molecule has 2 fully saturated rings. The first-order valence-electron chi connectivity index (χ1n) is 12.5. The van der Waals surface area contributed by atoms with Gasteiger partial charge in [0.15, 0.2) is 0 Å². The molecule has 2 saturated heterocycles. The second-order valence-electron chi connectivity index (χ2n) is 8.62. The molecule has 192 valence electrons. The van der Waals surface area contributed by atoms with Crippen molar-refractivity contribution in [2.45, 2.75) is 44.7 Å². The van der Waals surface area contributed by atoms with Crippen molar-refractivity contribution in [1.29, 1.82) is 0 Å². The summed E-state index contributed by atoms with van der Waals surface area (Å²) in [7, 11) is 2.17. The van der Waals surface area contributed by atoms with E-state index in [1.54, 1.807) is 6.54 Å². The van der Waals surface area contributed by atoms with Crippen molar-refractivity contribution >= 4 is 0 Å². The van der Waals surface area contributed by atoms with Gasteiger partial charge in [-0.15, -0.1) is 31.8 Å². The molecule has 5 nitrogen and oxygen atoms in total. The average Bonchev–Trinajstić information content (AvgIpc) is 3.36. The second kappa shape index (κ2) is 21.0. The number of likely N-dealkylation sites (tertiary alicyclic amines) is 2. The van der Waals surface area contributed by atoms with Gasteiger partial charge in [0.05, 0.1) is 5.82 Å². The van der Waals surface area contributed by atoms with Crippen molar-refractivity contribution in [2.24, 2.45) is 11.5 Å². The van der Waals surface area contributed by atoms with Gasteiger partial charge in [-0.2, -0.15) is 17.7 Å². The molecule has 5 N–H and O–H groups in total. The maximum absolute atomic E-state index is 5.50. The van der Waals surface area contributed by atoms with Gasteiger partial charge in [-0.1, -0.05) is 49.6 Å². The van der Waals surface area contributed by atoms with Crippen LogP contribution in [0, 0.1) is 6.54 Å². The number of nitrogens with zero attached hydrogens (tertiary/aromatic N) is 2. The number of piperidine rings is 1. The zero-order chi connectivity index (χ0) is 25.9. The molecule has 1 atom stereocenters. The van der Waals surface area contributed by atoms with E-state index in [-0.39, 0.29) is 29.6 Å². The minimum absolute atomic E-state index is 0.